The molecule has 1 aromatic heterocycles. The molecule has 1 fully saturated rings. The highest BCUT2D eigenvalue weighted by atomic mass is 19.1. The second-order valence-electron chi connectivity index (χ2n) is 6.83. The lowest BCUT2D eigenvalue weighted by Crippen LogP contribution is -2.37. The van der Waals surface area contributed by atoms with Crippen LogP contribution in [-0.4, -0.2) is 40.6 Å². The molecule has 1 aromatic carbocycles. The van der Waals surface area contributed by atoms with Crippen molar-refractivity contribution in [2.75, 3.05) is 20.1 Å². The molecule has 140 valence electrons. The van der Waals surface area contributed by atoms with Gasteiger partial charge in [0.15, 0.2) is 0 Å². The summed E-state index contributed by atoms with van der Waals surface area (Å²) in [6.45, 7) is 1.21. The monoisotopic (exact) mass is 359 g/mol. The van der Waals surface area contributed by atoms with Crippen LogP contribution in [0.3, 0.4) is 0 Å². The van der Waals surface area contributed by atoms with Crippen molar-refractivity contribution in [1.82, 2.24) is 14.8 Å². The molecule has 2 heterocycles. The molecule has 0 unspecified atom stereocenters. The van der Waals surface area contributed by atoms with Crippen LogP contribution < -0.4 is 5.32 Å². The molecule has 5 nitrogen and oxygen atoms in total. The van der Waals surface area contributed by atoms with Crippen molar-refractivity contribution in [2.45, 2.75) is 31.4 Å². The second kappa shape index (κ2) is 8.01. The topological polar surface area (TPSA) is 57.5 Å². The van der Waals surface area contributed by atoms with Crippen LogP contribution in [0.25, 0.3) is 0 Å². The Kier molecular flexibility index (Phi) is 5.74. The van der Waals surface area contributed by atoms with Gasteiger partial charge < -0.3 is 15.0 Å². The van der Waals surface area contributed by atoms with Crippen molar-refractivity contribution in [1.29, 1.82) is 0 Å². The van der Waals surface area contributed by atoms with Crippen molar-refractivity contribution in [2.24, 2.45) is 7.05 Å². The molecule has 0 aliphatic carbocycles. The molecule has 0 bridgehead atoms. The van der Waals surface area contributed by atoms with E-state index in [2.05, 4.69) is 10.2 Å². The number of aliphatic hydroxyl groups excluding tert-OH is 1. The number of piperidine rings is 1. The third-order valence-corrected chi connectivity index (χ3v) is 5.25. The Morgan fingerprint density at radius 2 is 2.08 bits per heavy atom. The Morgan fingerprint density at radius 1 is 1.31 bits per heavy atom. The van der Waals surface area contributed by atoms with E-state index < -0.39 is 6.10 Å². The van der Waals surface area contributed by atoms with Gasteiger partial charge >= 0.3 is 0 Å². The summed E-state index contributed by atoms with van der Waals surface area (Å²) in [7, 11) is 3.51. The maximum atomic E-state index is 14.0. The van der Waals surface area contributed by atoms with Crippen molar-refractivity contribution >= 4 is 5.91 Å². The van der Waals surface area contributed by atoms with Crippen molar-refractivity contribution in [3.8, 4) is 0 Å². The average Bonchev–Trinajstić information content (AvgIpc) is 3.03. The van der Waals surface area contributed by atoms with Gasteiger partial charge in [0.2, 0.25) is 0 Å². The van der Waals surface area contributed by atoms with Gasteiger partial charge in [-0.05, 0) is 37.6 Å². The Balaban J connectivity index is 1.82. The number of hydrogen-bond donors (Lipinski definition) is 2. The van der Waals surface area contributed by atoms with Crippen LogP contribution in [0.2, 0.25) is 0 Å². The highest BCUT2D eigenvalue weighted by Crippen LogP contribution is 2.33. The van der Waals surface area contributed by atoms with Gasteiger partial charge in [-0.25, -0.2) is 4.39 Å². The van der Waals surface area contributed by atoms with E-state index in [1.165, 1.54) is 6.07 Å². The molecule has 6 heteroatoms. The summed E-state index contributed by atoms with van der Waals surface area (Å²) < 4.78 is 15.9. The lowest BCUT2D eigenvalue weighted by molar-refractivity contribution is 0.0623. The van der Waals surface area contributed by atoms with Gasteiger partial charge in [-0.1, -0.05) is 24.6 Å². The molecular formula is C20H26FN3O2. The minimum absolute atomic E-state index is 0.105. The fraction of sp³-hybridized carbons (Fsp3) is 0.450. The first kappa shape index (κ1) is 18.6. The first-order chi connectivity index (χ1) is 12.5. The van der Waals surface area contributed by atoms with Gasteiger partial charge in [-0.15, -0.1) is 0 Å². The van der Waals surface area contributed by atoms with Gasteiger partial charge in [0, 0.05) is 31.9 Å². The first-order valence-corrected chi connectivity index (χ1v) is 9.07. The number of carbonyl (C=O) groups is 1. The molecule has 2 aromatic rings. The van der Waals surface area contributed by atoms with E-state index in [-0.39, 0.29) is 17.8 Å². The molecule has 3 rings (SSSR count). The molecule has 0 radical (unpaired) electrons. The maximum Gasteiger partial charge on any atom is 0.267 e. The fourth-order valence-corrected chi connectivity index (χ4v) is 3.83. The molecule has 2 N–H and O–H groups in total. The number of halogens is 1. The van der Waals surface area contributed by atoms with Gasteiger partial charge in [-0.2, -0.15) is 0 Å². The Morgan fingerprint density at radius 3 is 2.81 bits per heavy atom. The molecular weight excluding hydrogens is 333 g/mol. The highest BCUT2D eigenvalue weighted by molar-refractivity contribution is 5.92. The van der Waals surface area contributed by atoms with E-state index in [0.717, 1.165) is 31.5 Å². The third kappa shape index (κ3) is 3.66. The number of hydrogen-bond acceptors (Lipinski definition) is 3. The van der Waals surface area contributed by atoms with E-state index in [1.54, 1.807) is 25.2 Å². The lowest BCUT2D eigenvalue weighted by atomic mass is 9.97. The van der Waals surface area contributed by atoms with Crippen LogP contribution in [0, 0.1) is 5.82 Å². The largest absolute Gasteiger partial charge is 0.387 e. The number of aliphatic hydroxyl groups is 1. The van der Waals surface area contributed by atoms with Crippen LogP contribution in [0.1, 0.15) is 53.2 Å². The minimum Gasteiger partial charge on any atom is -0.387 e. The standard InChI is InChI=1S/C20H26FN3O2/c1-22-20(26)18-11-10-16(23(18)2)17-9-5-6-12-24(17)13-19(25)14-7-3-4-8-15(14)21/h3-4,7-8,10-11,17,19,25H,5-6,9,12-13H2,1-2H3,(H,22,26)/t17-,19+/m1/s1. The number of carbonyl (C=O) groups excluding carboxylic acids is 1. The normalized spacial score (nSPS) is 19.3. The smallest absolute Gasteiger partial charge is 0.267 e. The Labute approximate surface area is 153 Å². The summed E-state index contributed by atoms with van der Waals surface area (Å²) in [4.78, 5) is 14.2. The third-order valence-electron chi connectivity index (χ3n) is 5.25. The van der Waals surface area contributed by atoms with E-state index >= 15 is 0 Å². The summed E-state index contributed by atoms with van der Waals surface area (Å²) in [6.07, 6.45) is 2.22. The quantitative estimate of drug-likeness (QED) is 0.863. The van der Waals surface area contributed by atoms with E-state index in [9.17, 15) is 14.3 Å². The van der Waals surface area contributed by atoms with Crippen molar-refractivity contribution in [3.63, 3.8) is 0 Å². The predicted octanol–water partition coefficient (Wildman–Crippen LogP) is 2.78. The van der Waals surface area contributed by atoms with Crippen LogP contribution in [-0.2, 0) is 7.05 Å². The van der Waals surface area contributed by atoms with E-state index in [4.69, 9.17) is 0 Å². The number of nitrogens with zero attached hydrogens (tertiary/aromatic N) is 2. The molecule has 1 amide bonds. The summed E-state index contributed by atoms with van der Waals surface area (Å²) in [6, 6.07) is 10.3. The average molecular weight is 359 g/mol. The van der Waals surface area contributed by atoms with Crippen molar-refractivity contribution < 1.29 is 14.3 Å². The Bertz CT molecular complexity index is 774. The predicted molar refractivity (Wildman–Crippen MR) is 98.3 cm³/mol. The number of aromatic nitrogens is 1. The summed E-state index contributed by atoms with van der Waals surface area (Å²) in [5.41, 5.74) is 1.99. The molecule has 26 heavy (non-hydrogen) atoms. The summed E-state index contributed by atoms with van der Waals surface area (Å²) in [5.74, 6) is -0.498. The van der Waals surface area contributed by atoms with E-state index in [0.29, 0.717) is 17.8 Å². The van der Waals surface area contributed by atoms with Gasteiger partial charge in [0.05, 0.1) is 12.1 Å². The van der Waals surface area contributed by atoms with Crippen LogP contribution >= 0.6 is 0 Å². The molecule has 1 aliphatic rings. The Hall–Kier alpha value is -2.18. The van der Waals surface area contributed by atoms with Crippen LogP contribution in [0.4, 0.5) is 4.39 Å². The SMILES string of the molecule is CNC(=O)c1ccc([C@H]2CCCCN2C[C@H](O)c2ccccc2F)n1C. The number of nitrogens with one attached hydrogen (secondary N) is 1. The molecule has 1 aliphatic heterocycles. The summed E-state index contributed by atoms with van der Waals surface area (Å²) >= 11 is 0. The van der Waals surface area contributed by atoms with Crippen LogP contribution in [0.15, 0.2) is 36.4 Å². The molecule has 2 atom stereocenters. The van der Waals surface area contributed by atoms with Gasteiger partial charge in [0.1, 0.15) is 11.5 Å². The number of benzene rings is 1. The minimum atomic E-state index is -0.879. The zero-order valence-corrected chi connectivity index (χ0v) is 15.3. The van der Waals surface area contributed by atoms with Gasteiger partial charge in [0.25, 0.3) is 5.91 Å². The number of rotatable bonds is 5. The molecule has 0 saturated carbocycles. The second-order valence-corrected chi connectivity index (χ2v) is 6.83. The van der Waals surface area contributed by atoms with Gasteiger partial charge in [-0.3, -0.25) is 9.69 Å². The maximum absolute atomic E-state index is 14.0. The van der Waals surface area contributed by atoms with Crippen LogP contribution in [0.5, 0.6) is 0 Å². The zero-order valence-electron chi connectivity index (χ0n) is 15.3. The van der Waals surface area contributed by atoms with E-state index in [1.807, 2.05) is 23.7 Å². The fourth-order valence-electron chi connectivity index (χ4n) is 3.83. The summed E-state index contributed by atoms with van der Waals surface area (Å²) in [5, 5.41) is 13.2. The number of likely N-dealkylation sites (tertiary alicyclic amines) is 1. The number of amides is 1. The molecule has 1 saturated heterocycles. The lowest BCUT2D eigenvalue weighted by Gasteiger charge is -2.37. The zero-order chi connectivity index (χ0) is 18.7. The van der Waals surface area contributed by atoms with Crippen molar-refractivity contribution in [3.05, 3.63) is 59.2 Å². The highest BCUT2D eigenvalue weighted by Gasteiger charge is 2.29. The first-order valence-electron chi connectivity index (χ1n) is 9.07. The number of β-amino-alcohol motifs (C(OH)–C–C–N with tert-alkyl or cyclic N) is 1. The molecule has 0 spiro atoms.